The Morgan fingerprint density at radius 2 is 2.10 bits per heavy atom. The van der Waals surface area contributed by atoms with E-state index in [1.54, 1.807) is 0 Å². The molecule has 0 fully saturated rings. The molecular formula is C13H11N5O2. The Bertz CT molecular complexity index is 729. The number of hydrogen-bond acceptors (Lipinski definition) is 6. The minimum atomic E-state index is 0.267. The van der Waals surface area contributed by atoms with Crippen LogP contribution in [0.25, 0.3) is 11.4 Å². The summed E-state index contributed by atoms with van der Waals surface area (Å²) in [6.45, 7) is 2.29. The van der Waals surface area contributed by atoms with Crippen molar-refractivity contribution in [3.63, 3.8) is 0 Å². The summed E-state index contributed by atoms with van der Waals surface area (Å²) in [7, 11) is 0. The summed E-state index contributed by atoms with van der Waals surface area (Å²) in [5.41, 5.74) is 2.32. The third-order valence-corrected chi connectivity index (χ3v) is 2.75. The first kappa shape index (κ1) is 12.2. The van der Waals surface area contributed by atoms with Crippen molar-refractivity contribution in [3.05, 3.63) is 47.6 Å². The van der Waals surface area contributed by atoms with E-state index in [0.29, 0.717) is 18.0 Å². The third kappa shape index (κ3) is 2.46. The second-order valence-electron chi connectivity index (χ2n) is 4.34. The van der Waals surface area contributed by atoms with Crippen LogP contribution in [0.4, 0.5) is 0 Å². The predicted molar refractivity (Wildman–Crippen MR) is 69.0 cm³/mol. The van der Waals surface area contributed by atoms with E-state index in [1.165, 1.54) is 16.4 Å². The average Bonchev–Trinajstić information content (AvgIpc) is 3.09. The van der Waals surface area contributed by atoms with E-state index in [-0.39, 0.29) is 12.2 Å². The van der Waals surface area contributed by atoms with Crippen molar-refractivity contribution in [1.29, 1.82) is 0 Å². The Balaban J connectivity index is 1.79. The number of nitrogens with zero attached hydrogens (tertiary/aromatic N) is 5. The molecule has 0 aliphatic carbocycles. The number of hydrogen-bond donors (Lipinski definition) is 0. The molecule has 0 amide bonds. The Morgan fingerprint density at radius 3 is 2.80 bits per heavy atom. The molecule has 2 aromatic heterocycles. The maximum atomic E-state index is 10.5. The van der Waals surface area contributed by atoms with Crippen LogP contribution in [0.3, 0.4) is 0 Å². The van der Waals surface area contributed by atoms with E-state index in [1.807, 2.05) is 31.2 Å². The fraction of sp³-hybridized carbons (Fsp3) is 0.154. The number of carbonyl (C=O) groups excluding carboxylic acids is 1. The summed E-state index contributed by atoms with van der Waals surface area (Å²) in [6.07, 6.45) is 2.15. The monoisotopic (exact) mass is 269 g/mol. The number of aldehydes is 1. The summed E-state index contributed by atoms with van der Waals surface area (Å²) in [5, 5.41) is 11.4. The first-order chi connectivity index (χ1) is 9.74. The molecule has 0 N–H and O–H groups in total. The summed E-state index contributed by atoms with van der Waals surface area (Å²) in [5.74, 6) is 0.929. The zero-order chi connectivity index (χ0) is 13.9. The van der Waals surface area contributed by atoms with Crippen LogP contribution in [0, 0.1) is 6.92 Å². The minimum absolute atomic E-state index is 0.267. The van der Waals surface area contributed by atoms with Crippen LogP contribution in [0.2, 0.25) is 0 Å². The topological polar surface area (TPSA) is 86.7 Å². The molecule has 3 aromatic rings. The molecule has 0 bridgehead atoms. The van der Waals surface area contributed by atoms with Crippen LogP contribution in [0.5, 0.6) is 0 Å². The summed E-state index contributed by atoms with van der Waals surface area (Å²) in [4.78, 5) is 14.8. The van der Waals surface area contributed by atoms with Gasteiger partial charge in [0.15, 0.2) is 6.29 Å². The van der Waals surface area contributed by atoms with Gasteiger partial charge in [-0.2, -0.15) is 4.98 Å². The second kappa shape index (κ2) is 5.04. The molecular weight excluding hydrogens is 258 g/mol. The number of aryl methyl sites for hydroxylation is 1. The van der Waals surface area contributed by atoms with Gasteiger partial charge in [-0.05, 0) is 6.92 Å². The lowest BCUT2D eigenvalue weighted by Gasteiger charge is -1.94. The normalized spacial score (nSPS) is 10.7. The van der Waals surface area contributed by atoms with Crippen LogP contribution in [0.15, 0.2) is 35.0 Å². The molecule has 0 aliphatic rings. The van der Waals surface area contributed by atoms with Crippen LogP contribution in [-0.4, -0.2) is 31.4 Å². The van der Waals surface area contributed by atoms with Crippen molar-refractivity contribution in [2.75, 3.05) is 0 Å². The first-order valence-electron chi connectivity index (χ1n) is 5.99. The number of aromatic nitrogens is 5. The molecule has 3 rings (SSSR count). The lowest BCUT2D eigenvalue weighted by atomic mass is 10.1. The number of benzene rings is 1. The van der Waals surface area contributed by atoms with Gasteiger partial charge in [-0.1, -0.05) is 40.2 Å². The second-order valence-corrected chi connectivity index (χ2v) is 4.34. The van der Waals surface area contributed by atoms with Crippen LogP contribution < -0.4 is 0 Å². The maximum Gasteiger partial charge on any atom is 0.248 e. The lowest BCUT2D eigenvalue weighted by Crippen LogP contribution is -2.00. The fourth-order valence-electron chi connectivity index (χ4n) is 1.72. The van der Waals surface area contributed by atoms with Gasteiger partial charge in [0, 0.05) is 5.56 Å². The van der Waals surface area contributed by atoms with Gasteiger partial charge >= 0.3 is 0 Å². The highest BCUT2D eigenvalue weighted by atomic mass is 16.5. The largest absolute Gasteiger partial charge is 0.337 e. The van der Waals surface area contributed by atoms with E-state index in [9.17, 15) is 4.79 Å². The Labute approximate surface area is 114 Å². The van der Waals surface area contributed by atoms with Crippen molar-refractivity contribution in [1.82, 2.24) is 25.1 Å². The van der Waals surface area contributed by atoms with Gasteiger partial charge in [0.1, 0.15) is 12.2 Å². The highest BCUT2D eigenvalue weighted by Crippen LogP contribution is 2.16. The smallest absolute Gasteiger partial charge is 0.248 e. The van der Waals surface area contributed by atoms with E-state index >= 15 is 0 Å². The molecule has 2 heterocycles. The molecule has 0 aliphatic heterocycles. The molecule has 7 nitrogen and oxygen atoms in total. The van der Waals surface area contributed by atoms with Crippen LogP contribution in [-0.2, 0) is 6.54 Å². The molecule has 0 unspecified atom stereocenters. The minimum Gasteiger partial charge on any atom is -0.337 e. The van der Waals surface area contributed by atoms with Crippen molar-refractivity contribution < 1.29 is 9.32 Å². The number of rotatable bonds is 4. The Kier molecular flexibility index (Phi) is 3.08. The van der Waals surface area contributed by atoms with Gasteiger partial charge < -0.3 is 4.52 Å². The van der Waals surface area contributed by atoms with Gasteiger partial charge in [0.25, 0.3) is 0 Å². The van der Waals surface area contributed by atoms with Crippen molar-refractivity contribution in [3.8, 4) is 11.4 Å². The number of carbonyl (C=O) groups is 1. The van der Waals surface area contributed by atoms with Gasteiger partial charge in [-0.25, -0.2) is 4.68 Å². The lowest BCUT2D eigenvalue weighted by molar-refractivity contribution is 0.111. The van der Waals surface area contributed by atoms with Gasteiger partial charge in [-0.3, -0.25) is 4.79 Å². The molecule has 100 valence electrons. The molecule has 0 spiro atoms. The quantitative estimate of drug-likeness (QED) is 0.667. The summed E-state index contributed by atoms with van der Waals surface area (Å²) in [6, 6.07) is 7.84. The Hall–Kier alpha value is -2.83. The molecule has 20 heavy (non-hydrogen) atoms. The fourth-order valence-corrected chi connectivity index (χ4v) is 1.72. The van der Waals surface area contributed by atoms with Crippen molar-refractivity contribution in [2.24, 2.45) is 0 Å². The average molecular weight is 269 g/mol. The zero-order valence-electron chi connectivity index (χ0n) is 10.7. The zero-order valence-corrected chi connectivity index (χ0v) is 10.7. The van der Waals surface area contributed by atoms with Gasteiger partial charge in [0.05, 0.1) is 6.20 Å². The van der Waals surface area contributed by atoms with Crippen LogP contribution in [0.1, 0.15) is 21.9 Å². The molecule has 1 aromatic carbocycles. The van der Waals surface area contributed by atoms with Crippen molar-refractivity contribution in [2.45, 2.75) is 13.5 Å². The highest BCUT2D eigenvalue weighted by molar-refractivity contribution is 5.70. The van der Waals surface area contributed by atoms with E-state index in [2.05, 4.69) is 20.5 Å². The van der Waals surface area contributed by atoms with E-state index in [4.69, 9.17) is 4.52 Å². The van der Waals surface area contributed by atoms with Crippen LogP contribution >= 0.6 is 0 Å². The maximum absolute atomic E-state index is 10.5. The third-order valence-electron chi connectivity index (χ3n) is 2.75. The predicted octanol–water partition coefficient (Wildman–Crippen LogP) is 1.50. The van der Waals surface area contributed by atoms with E-state index in [0.717, 1.165) is 5.56 Å². The molecule has 0 saturated carbocycles. The SMILES string of the molecule is Cc1ccc(-c2noc(Cn3cc(C=O)nn3)n2)cc1. The van der Waals surface area contributed by atoms with Gasteiger partial charge in [0.2, 0.25) is 11.7 Å². The molecule has 0 radical (unpaired) electrons. The molecule has 0 atom stereocenters. The standard InChI is InChI=1S/C13H11N5O2/c1-9-2-4-10(5-3-9)13-14-12(20-16-13)7-18-6-11(8-19)15-17-18/h2-6,8H,7H2,1H3. The first-order valence-corrected chi connectivity index (χ1v) is 5.99. The highest BCUT2D eigenvalue weighted by Gasteiger charge is 2.10. The summed E-state index contributed by atoms with van der Waals surface area (Å²) < 4.78 is 6.63. The summed E-state index contributed by atoms with van der Waals surface area (Å²) >= 11 is 0. The van der Waals surface area contributed by atoms with Crippen molar-refractivity contribution >= 4 is 6.29 Å². The molecule has 7 heteroatoms. The van der Waals surface area contributed by atoms with E-state index < -0.39 is 0 Å². The van der Waals surface area contributed by atoms with Gasteiger partial charge in [-0.15, -0.1) is 5.10 Å². The Morgan fingerprint density at radius 1 is 1.30 bits per heavy atom. The molecule has 0 saturated heterocycles.